The Morgan fingerprint density at radius 3 is 2.06 bits per heavy atom. The summed E-state index contributed by atoms with van der Waals surface area (Å²) in [6, 6.07) is 0. The van der Waals surface area contributed by atoms with E-state index < -0.39 is 0 Å². The Labute approximate surface area is 105 Å². The van der Waals surface area contributed by atoms with Crippen LogP contribution in [0.4, 0.5) is 0 Å². The van der Waals surface area contributed by atoms with Gasteiger partial charge in [0.05, 0.1) is 6.54 Å². The van der Waals surface area contributed by atoms with Crippen LogP contribution in [0.3, 0.4) is 0 Å². The van der Waals surface area contributed by atoms with E-state index in [1.807, 2.05) is 13.8 Å². The number of ketones is 1. The lowest BCUT2D eigenvalue weighted by Crippen LogP contribution is -2.32. The van der Waals surface area contributed by atoms with Crippen molar-refractivity contribution in [3.05, 3.63) is 0 Å². The Hall–Kier alpha value is -0.860. The second kappa shape index (κ2) is 6.77. The van der Waals surface area contributed by atoms with Crippen molar-refractivity contribution in [2.45, 2.75) is 54.4 Å². The van der Waals surface area contributed by atoms with Crippen LogP contribution in [0.5, 0.6) is 0 Å². The van der Waals surface area contributed by atoms with Gasteiger partial charge >= 0.3 is 0 Å². The van der Waals surface area contributed by atoms with E-state index in [9.17, 15) is 9.59 Å². The third-order valence-corrected chi connectivity index (χ3v) is 2.60. The van der Waals surface area contributed by atoms with Crippen LogP contribution < -0.4 is 5.32 Å². The Morgan fingerprint density at radius 2 is 1.65 bits per heavy atom. The van der Waals surface area contributed by atoms with Gasteiger partial charge in [0.1, 0.15) is 0 Å². The summed E-state index contributed by atoms with van der Waals surface area (Å²) in [6.07, 6.45) is 1.52. The first-order valence-corrected chi connectivity index (χ1v) is 6.41. The molecule has 1 unspecified atom stereocenters. The molecule has 0 aliphatic rings. The quantitative estimate of drug-likeness (QED) is 0.777. The number of hydrogen-bond acceptors (Lipinski definition) is 2. The Bertz CT molecular complexity index is 264. The van der Waals surface area contributed by atoms with Gasteiger partial charge in [-0.2, -0.15) is 0 Å². The van der Waals surface area contributed by atoms with Crippen molar-refractivity contribution < 1.29 is 9.59 Å². The molecule has 0 spiro atoms. The molecule has 0 bridgehead atoms. The molecule has 100 valence electrons. The van der Waals surface area contributed by atoms with E-state index >= 15 is 0 Å². The molecule has 0 rings (SSSR count). The zero-order valence-corrected chi connectivity index (χ0v) is 12.1. The zero-order valence-electron chi connectivity index (χ0n) is 12.1. The van der Waals surface area contributed by atoms with Gasteiger partial charge in [0.2, 0.25) is 5.91 Å². The molecular weight excluding hydrogens is 214 g/mol. The van der Waals surface area contributed by atoms with Gasteiger partial charge in [-0.3, -0.25) is 9.59 Å². The van der Waals surface area contributed by atoms with E-state index in [0.29, 0.717) is 12.3 Å². The molecule has 3 heteroatoms. The molecule has 1 N–H and O–H groups in total. The maximum atomic E-state index is 11.6. The fraction of sp³-hybridized carbons (Fsp3) is 0.857. The normalized spacial score (nSPS) is 13.6. The zero-order chi connectivity index (χ0) is 13.6. The summed E-state index contributed by atoms with van der Waals surface area (Å²) in [5.74, 6) is 0.407. The van der Waals surface area contributed by atoms with E-state index in [4.69, 9.17) is 0 Å². The second-order valence-corrected chi connectivity index (χ2v) is 6.47. The number of hydrogen-bond donors (Lipinski definition) is 1. The average molecular weight is 241 g/mol. The van der Waals surface area contributed by atoms with Crippen molar-refractivity contribution in [2.75, 3.05) is 6.54 Å². The molecule has 0 radical (unpaired) electrons. The molecule has 0 saturated carbocycles. The molecule has 0 aliphatic carbocycles. The summed E-state index contributed by atoms with van der Waals surface area (Å²) < 4.78 is 0. The van der Waals surface area contributed by atoms with Crippen LogP contribution in [0, 0.1) is 17.3 Å². The first-order valence-electron chi connectivity index (χ1n) is 6.41. The average Bonchev–Trinajstić information content (AvgIpc) is 2.10. The Kier molecular flexibility index (Phi) is 6.43. The van der Waals surface area contributed by atoms with Gasteiger partial charge in [0.15, 0.2) is 5.78 Å². The van der Waals surface area contributed by atoms with E-state index in [1.54, 1.807) is 0 Å². The fourth-order valence-electron chi connectivity index (χ4n) is 1.90. The largest absolute Gasteiger partial charge is 0.349 e. The van der Waals surface area contributed by atoms with Crippen LogP contribution in [0.1, 0.15) is 54.4 Å². The molecule has 0 saturated heterocycles. The van der Waals surface area contributed by atoms with E-state index in [-0.39, 0.29) is 29.6 Å². The second-order valence-electron chi connectivity index (χ2n) is 6.47. The maximum absolute atomic E-state index is 11.6. The molecule has 0 fully saturated rings. The van der Waals surface area contributed by atoms with Crippen LogP contribution in [-0.4, -0.2) is 18.2 Å². The molecule has 0 aromatic carbocycles. The van der Waals surface area contributed by atoms with Gasteiger partial charge < -0.3 is 5.32 Å². The molecule has 0 aliphatic heterocycles. The van der Waals surface area contributed by atoms with Crippen LogP contribution in [-0.2, 0) is 9.59 Å². The Balaban J connectivity index is 3.91. The van der Waals surface area contributed by atoms with Gasteiger partial charge in [-0.1, -0.05) is 41.5 Å². The summed E-state index contributed by atoms with van der Waals surface area (Å²) in [5, 5.41) is 2.69. The molecule has 3 nitrogen and oxygen atoms in total. The summed E-state index contributed by atoms with van der Waals surface area (Å²) in [6.45, 7) is 12.4. The number of carbonyl (C=O) groups is 2. The van der Waals surface area contributed by atoms with Crippen LogP contribution in [0.15, 0.2) is 0 Å². The molecule has 17 heavy (non-hydrogen) atoms. The number of nitrogens with one attached hydrogen (secondary N) is 1. The van der Waals surface area contributed by atoms with E-state index in [0.717, 1.165) is 6.42 Å². The summed E-state index contributed by atoms with van der Waals surface area (Å²) >= 11 is 0. The van der Waals surface area contributed by atoms with Gasteiger partial charge in [0.25, 0.3) is 0 Å². The van der Waals surface area contributed by atoms with Crippen molar-refractivity contribution in [1.29, 1.82) is 0 Å². The molecule has 1 amide bonds. The monoisotopic (exact) mass is 241 g/mol. The third kappa shape index (κ3) is 8.90. The highest BCUT2D eigenvalue weighted by Gasteiger charge is 2.18. The first kappa shape index (κ1) is 16.1. The minimum absolute atomic E-state index is 0.0118. The van der Waals surface area contributed by atoms with E-state index in [2.05, 4.69) is 33.0 Å². The minimum Gasteiger partial charge on any atom is -0.349 e. The first-order chi connectivity index (χ1) is 7.61. The van der Waals surface area contributed by atoms with Crippen LogP contribution in [0.25, 0.3) is 0 Å². The van der Waals surface area contributed by atoms with Crippen LogP contribution in [0.2, 0.25) is 0 Å². The highest BCUT2D eigenvalue weighted by Crippen LogP contribution is 2.25. The number of rotatable bonds is 6. The third-order valence-electron chi connectivity index (χ3n) is 2.60. The van der Waals surface area contributed by atoms with Crippen molar-refractivity contribution in [3.8, 4) is 0 Å². The highest BCUT2D eigenvalue weighted by atomic mass is 16.2. The number of Topliss-reactive ketones (excluding diaryl/α,β-unsaturated/α-hetero) is 1. The van der Waals surface area contributed by atoms with Crippen LogP contribution >= 0.6 is 0 Å². The lowest BCUT2D eigenvalue weighted by molar-refractivity contribution is -0.127. The fourth-order valence-corrected chi connectivity index (χ4v) is 1.90. The SMILES string of the molecule is CC(CC(=O)NCC(=O)C(C)C)CC(C)(C)C. The highest BCUT2D eigenvalue weighted by molar-refractivity contribution is 5.87. The summed E-state index contributed by atoms with van der Waals surface area (Å²) in [5.41, 5.74) is 0.244. The lowest BCUT2D eigenvalue weighted by Gasteiger charge is -2.22. The standard InChI is InChI=1S/C14H27NO2/c1-10(2)12(16)9-15-13(17)7-11(3)8-14(4,5)6/h10-11H,7-9H2,1-6H3,(H,15,17). The van der Waals surface area contributed by atoms with Crippen molar-refractivity contribution in [3.63, 3.8) is 0 Å². The van der Waals surface area contributed by atoms with Gasteiger partial charge in [-0.25, -0.2) is 0 Å². The molecule has 1 atom stereocenters. The maximum Gasteiger partial charge on any atom is 0.220 e. The smallest absolute Gasteiger partial charge is 0.220 e. The number of amides is 1. The van der Waals surface area contributed by atoms with Gasteiger partial charge in [0, 0.05) is 12.3 Å². The molecular formula is C14H27NO2. The van der Waals surface area contributed by atoms with E-state index in [1.165, 1.54) is 0 Å². The van der Waals surface area contributed by atoms with Crippen molar-refractivity contribution in [1.82, 2.24) is 5.32 Å². The summed E-state index contributed by atoms with van der Waals surface area (Å²) in [7, 11) is 0. The lowest BCUT2D eigenvalue weighted by atomic mass is 9.84. The molecule has 0 aromatic heterocycles. The molecule has 0 aromatic rings. The summed E-state index contributed by atoms with van der Waals surface area (Å²) in [4.78, 5) is 23.0. The molecule has 0 heterocycles. The number of carbonyl (C=O) groups excluding carboxylic acids is 2. The minimum atomic E-state index is -0.0178. The predicted octanol–water partition coefficient (Wildman–Crippen LogP) is 2.79. The van der Waals surface area contributed by atoms with Crippen molar-refractivity contribution in [2.24, 2.45) is 17.3 Å². The Morgan fingerprint density at radius 1 is 1.12 bits per heavy atom. The topological polar surface area (TPSA) is 46.2 Å². The predicted molar refractivity (Wildman–Crippen MR) is 70.7 cm³/mol. The van der Waals surface area contributed by atoms with Gasteiger partial charge in [-0.15, -0.1) is 0 Å². The van der Waals surface area contributed by atoms with Crippen molar-refractivity contribution >= 4 is 11.7 Å². The van der Waals surface area contributed by atoms with Gasteiger partial charge in [-0.05, 0) is 17.8 Å².